The Morgan fingerprint density at radius 1 is 1.22 bits per heavy atom. The third kappa shape index (κ3) is 6.56. The molecule has 23 heavy (non-hydrogen) atoms. The van der Waals surface area contributed by atoms with Crippen LogP contribution in [0.2, 0.25) is 0 Å². The maximum Gasteiger partial charge on any atom is 0.269 e. The highest BCUT2D eigenvalue weighted by Gasteiger charge is 2.05. The summed E-state index contributed by atoms with van der Waals surface area (Å²) in [6, 6.07) is 5.82. The molecule has 0 saturated carbocycles. The van der Waals surface area contributed by atoms with Gasteiger partial charge in [-0.05, 0) is 44.5 Å². The van der Waals surface area contributed by atoms with Gasteiger partial charge in [0.2, 0.25) is 11.8 Å². The van der Waals surface area contributed by atoms with Crippen LogP contribution in [0.5, 0.6) is 0 Å². The fourth-order valence-electron chi connectivity index (χ4n) is 1.55. The molecule has 0 atom stereocenters. The molecule has 0 aliphatic rings. The highest BCUT2D eigenvalue weighted by Crippen LogP contribution is 2.12. The van der Waals surface area contributed by atoms with Gasteiger partial charge in [0, 0.05) is 36.0 Å². The lowest BCUT2D eigenvalue weighted by molar-refractivity contribution is -0.384. The van der Waals surface area contributed by atoms with Crippen molar-refractivity contribution in [2.75, 3.05) is 0 Å². The lowest BCUT2D eigenvalue weighted by Crippen LogP contribution is -2.31. The van der Waals surface area contributed by atoms with E-state index in [0.29, 0.717) is 11.1 Å². The first-order valence-corrected chi connectivity index (χ1v) is 7.00. The largest absolute Gasteiger partial charge is 0.350 e. The van der Waals surface area contributed by atoms with E-state index in [1.807, 2.05) is 13.8 Å². The Morgan fingerprint density at radius 3 is 2.35 bits per heavy atom. The number of amides is 2. The summed E-state index contributed by atoms with van der Waals surface area (Å²) in [6.45, 7) is 5.28. The minimum absolute atomic E-state index is 0.0127. The molecule has 2 amide bonds. The van der Waals surface area contributed by atoms with E-state index in [1.54, 1.807) is 19.1 Å². The monoisotopic (exact) mass is 317 g/mol. The summed E-state index contributed by atoms with van der Waals surface area (Å²) in [5.74, 6) is -0.653. The van der Waals surface area contributed by atoms with Crippen LogP contribution >= 0.6 is 0 Å². The summed E-state index contributed by atoms with van der Waals surface area (Å²) >= 11 is 0. The molecule has 1 aromatic carbocycles. The van der Waals surface area contributed by atoms with Crippen molar-refractivity contribution >= 4 is 23.6 Å². The number of carbonyl (C=O) groups is 2. The highest BCUT2D eigenvalue weighted by molar-refractivity contribution is 5.95. The Bertz CT molecular complexity index is 646. The van der Waals surface area contributed by atoms with Crippen LogP contribution in [0.15, 0.2) is 42.1 Å². The summed E-state index contributed by atoms with van der Waals surface area (Å²) in [5.41, 5.74) is 1.03. The van der Waals surface area contributed by atoms with E-state index >= 15 is 0 Å². The molecule has 0 bridgehead atoms. The molecule has 0 aliphatic carbocycles. The lowest BCUT2D eigenvalue weighted by Gasteiger charge is -2.08. The van der Waals surface area contributed by atoms with Crippen molar-refractivity contribution in [3.63, 3.8) is 0 Å². The van der Waals surface area contributed by atoms with Crippen molar-refractivity contribution in [2.24, 2.45) is 0 Å². The van der Waals surface area contributed by atoms with Crippen LogP contribution in [0, 0.1) is 10.1 Å². The Balaban J connectivity index is 2.59. The number of non-ortho nitro benzene ring substituents is 1. The Kier molecular flexibility index (Phi) is 6.67. The minimum atomic E-state index is -0.490. The smallest absolute Gasteiger partial charge is 0.269 e. The van der Waals surface area contributed by atoms with Gasteiger partial charge in [-0.25, -0.2) is 0 Å². The Morgan fingerprint density at radius 2 is 1.83 bits per heavy atom. The van der Waals surface area contributed by atoms with Crippen molar-refractivity contribution in [1.82, 2.24) is 10.6 Å². The van der Waals surface area contributed by atoms with Crippen molar-refractivity contribution < 1.29 is 14.5 Å². The van der Waals surface area contributed by atoms with E-state index in [0.717, 1.165) is 0 Å². The zero-order chi connectivity index (χ0) is 17.4. The van der Waals surface area contributed by atoms with E-state index in [2.05, 4.69) is 10.6 Å². The van der Waals surface area contributed by atoms with E-state index < -0.39 is 10.8 Å². The van der Waals surface area contributed by atoms with Crippen molar-refractivity contribution in [3.05, 3.63) is 57.8 Å². The molecular weight excluding hydrogens is 298 g/mol. The molecule has 2 N–H and O–H groups in total. The number of carbonyl (C=O) groups excluding carboxylic acids is 2. The second-order valence-electron chi connectivity index (χ2n) is 5.15. The van der Waals surface area contributed by atoms with Gasteiger partial charge in [-0.3, -0.25) is 19.7 Å². The van der Waals surface area contributed by atoms with Gasteiger partial charge in [-0.2, -0.15) is 0 Å². The summed E-state index contributed by atoms with van der Waals surface area (Å²) in [4.78, 5) is 33.3. The number of nitrogens with one attached hydrogen (secondary N) is 2. The van der Waals surface area contributed by atoms with Crippen LogP contribution in [0.1, 0.15) is 26.3 Å². The fourth-order valence-corrected chi connectivity index (χ4v) is 1.55. The first kappa shape index (κ1) is 18.1. The number of nitro benzene ring substituents is 1. The Labute approximate surface area is 134 Å². The van der Waals surface area contributed by atoms with Gasteiger partial charge in [-0.15, -0.1) is 0 Å². The van der Waals surface area contributed by atoms with Gasteiger partial charge in [-0.1, -0.05) is 0 Å². The molecule has 0 heterocycles. The predicted octanol–water partition coefficient (Wildman–Crippen LogP) is 2.15. The van der Waals surface area contributed by atoms with Crippen LogP contribution in [0.4, 0.5) is 5.69 Å². The summed E-state index contributed by atoms with van der Waals surface area (Å²) in [7, 11) is 0. The quantitative estimate of drug-likeness (QED) is 0.477. The van der Waals surface area contributed by atoms with Crippen LogP contribution in [-0.4, -0.2) is 22.8 Å². The first-order chi connectivity index (χ1) is 10.8. The highest BCUT2D eigenvalue weighted by atomic mass is 16.6. The normalized spacial score (nSPS) is 11.6. The number of nitro groups is 1. The molecule has 122 valence electrons. The van der Waals surface area contributed by atoms with Crippen LogP contribution < -0.4 is 10.6 Å². The van der Waals surface area contributed by atoms with Gasteiger partial charge in [0.05, 0.1) is 4.92 Å². The van der Waals surface area contributed by atoms with Crippen molar-refractivity contribution in [2.45, 2.75) is 26.8 Å². The van der Waals surface area contributed by atoms with Crippen LogP contribution in [0.3, 0.4) is 0 Å². The molecular formula is C16H19N3O4. The predicted molar refractivity (Wildman–Crippen MR) is 87.3 cm³/mol. The number of hydrogen-bond donors (Lipinski definition) is 2. The fraction of sp³-hybridized carbons (Fsp3) is 0.250. The second kappa shape index (κ2) is 8.47. The molecule has 7 nitrogen and oxygen atoms in total. The standard InChI is InChI=1S/C16H19N3O4/c1-11(2)18-16(21)12(3)10-17-15(20)9-6-13-4-7-14(8-5-13)19(22)23/h4-11H,1-3H3,(H,17,20)(H,18,21)/b9-6-,12-10-. The van der Waals surface area contributed by atoms with Gasteiger partial charge < -0.3 is 10.6 Å². The third-order valence-corrected chi connectivity index (χ3v) is 2.74. The average Bonchev–Trinajstić information content (AvgIpc) is 2.50. The lowest BCUT2D eigenvalue weighted by atomic mass is 10.2. The molecule has 0 fully saturated rings. The van der Waals surface area contributed by atoms with E-state index in [4.69, 9.17) is 0 Å². The molecule has 0 unspecified atom stereocenters. The zero-order valence-corrected chi connectivity index (χ0v) is 13.2. The second-order valence-corrected chi connectivity index (χ2v) is 5.15. The summed E-state index contributed by atoms with van der Waals surface area (Å²) in [5, 5.41) is 15.7. The zero-order valence-electron chi connectivity index (χ0n) is 13.2. The molecule has 0 aromatic heterocycles. The molecule has 0 aliphatic heterocycles. The van der Waals surface area contributed by atoms with Crippen molar-refractivity contribution in [3.8, 4) is 0 Å². The SMILES string of the molecule is C/C(=C/NC(=O)/C=C\c1ccc([N+](=O)[O-])cc1)C(=O)NC(C)C. The van der Waals surface area contributed by atoms with E-state index in [9.17, 15) is 19.7 Å². The maximum absolute atomic E-state index is 11.7. The molecule has 0 radical (unpaired) electrons. The van der Waals surface area contributed by atoms with Gasteiger partial charge in [0.25, 0.3) is 5.69 Å². The number of benzene rings is 1. The third-order valence-electron chi connectivity index (χ3n) is 2.74. The van der Waals surface area contributed by atoms with E-state index in [1.165, 1.54) is 30.5 Å². The number of rotatable bonds is 6. The molecule has 0 saturated heterocycles. The first-order valence-electron chi connectivity index (χ1n) is 7.00. The van der Waals surface area contributed by atoms with Gasteiger partial charge >= 0.3 is 0 Å². The van der Waals surface area contributed by atoms with Gasteiger partial charge in [0.1, 0.15) is 0 Å². The minimum Gasteiger partial charge on any atom is -0.350 e. The summed E-state index contributed by atoms with van der Waals surface area (Å²) in [6.07, 6.45) is 4.14. The Hall–Kier alpha value is -2.96. The van der Waals surface area contributed by atoms with Crippen LogP contribution in [-0.2, 0) is 9.59 Å². The summed E-state index contributed by atoms with van der Waals surface area (Å²) < 4.78 is 0. The molecule has 1 aromatic rings. The average molecular weight is 317 g/mol. The molecule has 1 rings (SSSR count). The topological polar surface area (TPSA) is 101 Å². The number of nitrogens with zero attached hydrogens (tertiary/aromatic N) is 1. The van der Waals surface area contributed by atoms with E-state index in [-0.39, 0.29) is 17.6 Å². The number of hydrogen-bond acceptors (Lipinski definition) is 4. The van der Waals surface area contributed by atoms with Crippen molar-refractivity contribution in [1.29, 1.82) is 0 Å². The van der Waals surface area contributed by atoms with Gasteiger partial charge in [0.15, 0.2) is 0 Å². The van der Waals surface area contributed by atoms with Crippen LogP contribution in [0.25, 0.3) is 6.08 Å². The molecule has 0 spiro atoms. The molecule has 7 heteroatoms. The maximum atomic E-state index is 11.7.